The second-order valence-corrected chi connectivity index (χ2v) is 2.54. The summed E-state index contributed by atoms with van der Waals surface area (Å²) in [7, 11) is 0. The van der Waals surface area contributed by atoms with Crippen molar-refractivity contribution >= 4 is 17.9 Å². The quantitative estimate of drug-likeness (QED) is 0.612. The Morgan fingerprint density at radius 2 is 2.07 bits per heavy atom. The Bertz CT molecular complexity index is 308. The summed E-state index contributed by atoms with van der Waals surface area (Å²) < 4.78 is 0. The van der Waals surface area contributed by atoms with Crippen molar-refractivity contribution in [2.45, 2.75) is 6.42 Å². The van der Waals surface area contributed by atoms with Crippen molar-refractivity contribution in [3.8, 4) is 0 Å². The van der Waals surface area contributed by atoms with E-state index in [1.807, 2.05) is 0 Å². The molecule has 0 bridgehead atoms. The molecule has 1 rings (SSSR count). The molecule has 0 saturated heterocycles. The first-order valence-electron chi connectivity index (χ1n) is 4.14. The fourth-order valence-electron chi connectivity index (χ4n) is 0.774. The number of nitrogens with one attached hydrogen (secondary N) is 1. The minimum absolute atomic E-state index is 0.140. The molecule has 0 aromatic heterocycles. The topological polar surface area (TPSA) is 58.5 Å². The van der Waals surface area contributed by atoms with Crippen LogP contribution in [0.1, 0.15) is 6.42 Å². The van der Waals surface area contributed by atoms with Crippen LogP contribution in [-0.2, 0) is 9.59 Å². The number of nitrogens with zero attached hydrogens (tertiary/aromatic N) is 1. The SMILES string of the molecule is O=C1/C=C\C=C/NC(=O)CC=N/C=C\1. The standard InChI is InChI=1S/C10H10N2O2/c13-9-3-1-2-6-12-10(14)5-8-11-7-4-9/h1-4,6-8H,5H2,(H,12,14)/b3-1-,6-2-,7-4-,11-8?. The van der Waals surface area contributed by atoms with Gasteiger partial charge in [-0.2, -0.15) is 0 Å². The fourth-order valence-corrected chi connectivity index (χ4v) is 0.774. The highest BCUT2D eigenvalue weighted by atomic mass is 16.1. The van der Waals surface area contributed by atoms with Gasteiger partial charge in [0.05, 0.1) is 6.42 Å². The Kier molecular flexibility index (Phi) is 4.07. The molecule has 1 N–H and O–H groups in total. The molecule has 4 nitrogen and oxygen atoms in total. The third kappa shape index (κ3) is 4.15. The Morgan fingerprint density at radius 1 is 1.21 bits per heavy atom. The number of hydrogen-bond acceptors (Lipinski definition) is 3. The second-order valence-electron chi connectivity index (χ2n) is 2.54. The highest BCUT2D eigenvalue weighted by Crippen LogP contribution is 1.86. The van der Waals surface area contributed by atoms with Crippen LogP contribution in [0, 0.1) is 0 Å². The van der Waals surface area contributed by atoms with Crippen molar-refractivity contribution in [1.29, 1.82) is 0 Å². The lowest BCUT2D eigenvalue weighted by atomic mass is 10.3. The van der Waals surface area contributed by atoms with Gasteiger partial charge in [0, 0.05) is 24.7 Å². The number of rotatable bonds is 0. The molecule has 1 heterocycles. The van der Waals surface area contributed by atoms with Gasteiger partial charge in [0.2, 0.25) is 5.91 Å². The maximum atomic E-state index is 11.0. The first kappa shape index (κ1) is 10.1. The van der Waals surface area contributed by atoms with Crippen molar-refractivity contribution in [3.05, 3.63) is 36.7 Å². The molecule has 0 aliphatic carbocycles. The Balaban J connectivity index is 2.71. The Hall–Kier alpha value is -1.97. The summed E-state index contributed by atoms with van der Waals surface area (Å²) in [5, 5.41) is 2.52. The van der Waals surface area contributed by atoms with E-state index in [0.29, 0.717) is 0 Å². The van der Waals surface area contributed by atoms with Crippen molar-refractivity contribution in [2.75, 3.05) is 0 Å². The summed E-state index contributed by atoms with van der Waals surface area (Å²) in [5.41, 5.74) is 0. The zero-order valence-electron chi connectivity index (χ0n) is 7.51. The summed E-state index contributed by atoms with van der Waals surface area (Å²) in [5.74, 6) is -0.280. The van der Waals surface area contributed by atoms with E-state index in [4.69, 9.17) is 0 Å². The molecule has 0 radical (unpaired) electrons. The number of ketones is 1. The van der Waals surface area contributed by atoms with Crippen LogP contribution in [0.15, 0.2) is 41.7 Å². The van der Waals surface area contributed by atoms with Gasteiger partial charge in [-0.3, -0.25) is 14.6 Å². The lowest BCUT2D eigenvalue weighted by Gasteiger charge is -1.93. The van der Waals surface area contributed by atoms with E-state index in [1.165, 1.54) is 30.8 Å². The van der Waals surface area contributed by atoms with Gasteiger partial charge in [-0.15, -0.1) is 0 Å². The van der Waals surface area contributed by atoms with E-state index in [2.05, 4.69) is 10.3 Å². The monoisotopic (exact) mass is 190 g/mol. The summed E-state index contributed by atoms with van der Waals surface area (Å²) in [6.45, 7) is 0. The van der Waals surface area contributed by atoms with Crippen LogP contribution in [0.25, 0.3) is 0 Å². The molecule has 0 atom stereocenters. The van der Waals surface area contributed by atoms with Crippen molar-refractivity contribution < 1.29 is 9.59 Å². The first-order chi connectivity index (χ1) is 6.79. The van der Waals surface area contributed by atoms with Crippen LogP contribution in [0.5, 0.6) is 0 Å². The maximum Gasteiger partial charge on any atom is 0.229 e. The predicted molar refractivity (Wildman–Crippen MR) is 53.7 cm³/mol. The molecule has 1 aliphatic heterocycles. The van der Waals surface area contributed by atoms with E-state index in [9.17, 15) is 9.59 Å². The molecule has 4 heteroatoms. The normalized spacial score (nSPS) is 24.3. The molecule has 0 saturated carbocycles. The smallest absolute Gasteiger partial charge is 0.229 e. The zero-order valence-corrected chi connectivity index (χ0v) is 7.51. The third-order valence-electron chi connectivity index (χ3n) is 1.42. The number of amides is 1. The van der Waals surface area contributed by atoms with Crippen LogP contribution >= 0.6 is 0 Å². The van der Waals surface area contributed by atoms with Gasteiger partial charge in [-0.1, -0.05) is 6.08 Å². The van der Waals surface area contributed by atoms with Gasteiger partial charge in [-0.25, -0.2) is 0 Å². The second kappa shape index (κ2) is 5.64. The Morgan fingerprint density at radius 3 is 2.93 bits per heavy atom. The average molecular weight is 190 g/mol. The van der Waals surface area contributed by atoms with Crippen molar-refractivity contribution in [1.82, 2.24) is 5.32 Å². The average Bonchev–Trinajstić information content (AvgIpc) is 2.14. The van der Waals surface area contributed by atoms with E-state index < -0.39 is 0 Å². The Labute approximate surface area is 81.7 Å². The van der Waals surface area contributed by atoms with Crippen molar-refractivity contribution in [3.63, 3.8) is 0 Å². The van der Waals surface area contributed by atoms with Crippen molar-refractivity contribution in [2.24, 2.45) is 4.99 Å². The van der Waals surface area contributed by atoms with Crippen LogP contribution in [-0.4, -0.2) is 17.9 Å². The van der Waals surface area contributed by atoms with Crippen LogP contribution in [0.2, 0.25) is 0 Å². The van der Waals surface area contributed by atoms with Crippen LogP contribution in [0.4, 0.5) is 0 Å². The molecule has 0 aromatic rings. The third-order valence-corrected chi connectivity index (χ3v) is 1.42. The first-order valence-corrected chi connectivity index (χ1v) is 4.14. The minimum atomic E-state index is -0.140. The highest BCUT2D eigenvalue weighted by molar-refractivity contribution is 5.99. The summed E-state index contributed by atoms with van der Waals surface area (Å²) >= 11 is 0. The minimum Gasteiger partial charge on any atom is -0.332 e. The molecule has 0 unspecified atom stereocenters. The molecule has 1 aliphatic rings. The number of carbonyl (C=O) groups excluding carboxylic acids is 2. The number of hydrogen-bond donors (Lipinski definition) is 1. The molecule has 14 heavy (non-hydrogen) atoms. The molecule has 0 fully saturated rings. The summed E-state index contributed by atoms with van der Waals surface area (Å²) in [4.78, 5) is 25.7. The van der Waals surface area contributed by atoms with Crippen LogP contribution < -0.4 is 5.32 Å². The molecule has 0 spiro atoms. The molecular weight excluding hydrogens is 180 g/mol. The van der Waals surface area contributed by atoms with Gasteiger partial charge in [0.25, 0.3) is 0 Å². The summed E-state index contributed by atoms with van der Waals surface area (Å²) in [6, 6.07) is 0. The molecule has 1 amide bonds. The van der Waals surface area contributed by atoms with Crippen LogP contribution in [0.3, 0.4) is 0 Å². The van der Waals surface area contributed by atoms with Gasteiger partial charge in [0.15, 0.2) is 5.78 Å². The lowest BCUT2D eigenvalue weighted by molar-refractivity contribution is -0.118. The fraction of sp³-hybridized carbons (Fsp3) is 0.100. The predicted octanol–water partition coefficient (Wildman–Crippen LogP) is 0.730. The van der Waals surface area contributed by atoms with E-state index in [1.54, 1.807) is 12.2 Å². The zero-order chi connectivity index (χ0) is 10.2. The molecular formula is C10H10N2O2. The van der Waals surface area contributed by atoms with E-state index >= 15 is 0 Å². The van der Waals surface area contributed by atoms with E-state index in [-0.39, 0.29) is 18.1 Å². The summed E-state index contributed by atoms with van der Waals surface area (Å²) in [6.07, 6.45) is 10.3. The lowest BCUT2D eigenvalue weighted by Crippen LogP contribution is -2.16. The maximum absolute atomic E-state index is 11.0. The largest absolute Gasteiger partial charge is 0.332 e. The number of aliphatic imine (C=N–C) groups is 1. The van der Waals surface area contributed by atoms with Gasteiger partial charge in [0.1, 0.15) is 0 Å². The number of allylic oxidation sites excluding steroid dienone is 4. The van der Waals surface area contributed by atoms with Gasteiger partial charge in [-0.05, 0) is 12.2 Å². The number of carbonyl (C=O) groups is 2. The van der Waals surface area contributed by atoms with Gasteiger partial charge >= 0.3 is 0 Å². The molecule has 0 aromatic carbocycles. The highest BCUT2D eigenvalue weighted by Gasteiger charge is 1.93. The molecule has 72 valence electrons. The van der Waals surface area contributed by atoms with Gasteiger partial charge < -0.3 is 5.32 Å². The van der Waals surface area contributed by atoms with E-state index in [0.717, 1.165) is 0 Å².